The molecule has 1 fully saturated rings. The van der Waals surface area contributed by atoms with Crippen LogP contribution < -0.4 is 0 Å². The van der Waals surface area contributed by atoms with E-state index in [-0.39, 0.29) is 6.29 Å². The molecule has 0 spiro atoms. The zero-order chi connectivity index (χ0) is 16.2. The van der Waals surface area contributed by atoms with E-state index in [2.05, 4.69) is 45.9 Å². The molecular weight excluding hydrogens is 407 g/mol. The third kappa shape index (κ3) is 3.89. The molecule has 1 unspecified atom stereocenters. The smallest absolute Gasteiger partial charge is 0.158 e. The lowest BCUT2D eigenvalue weighted by molar-refractivity contribution is -0.169. The van der Waals surface area contributed by atoms with Gasteiger partial charge in [0.25, 0.3) is 0 Å². The van der Waals surface area contributed by atoms with Crippen molar-refractivity contribution in [3.05, 3.63) is 27.1 Å². The zero-order valence-corrected chi connectivity index (χ0v) is 15.6. The molecule has 1 aliphatic heterocycles. The van der Waals surface area contributed by atoms with Gasteiger partial charge in [0, 0.05) is 17.2 Å². The Morgan fingerprint density at radius 3 is 3.00 bits per heavy atom. The van der Waals surface area contributed by atoms with Crippen molar-refractivity contribution in [2.75, 3.05) is 6.61 Å². The van der Waals surface area contributed by atoms with Crippen molar-refractivity contribution in [2.24, 2.45) is 7.05 Å². The highest BCUT2D eigenvalue weighted by atomic mass is 127. The molecule has 0 radical (unpaired) electrons. The number of aryl methyl sites for hydroxylation is 2. The van der Waals surface area contributed by atoms with E-state index >= 15 is 0 Å². The largest absolute Gasteiger partial charge is 0.353 e. The van der Waals surface area contributed by atoms with Crippen molar-refractivity contribution in [3.63, 3.8) is 0 Å². The van der Waals surface area contributed by atoms with Crippen LogP contribution in [0.25, 0.3) is 11.4 Å². The minimum absolute atomic E-state index is 0.123. The summed E-state index contributed by atoms with van der Waals surface area (Å²) in [5, 5.41) is 8.42. The number of hydrogen-bond donors (Lipinski definition) is 0. The monoisotopic (exact) mass is 428 g/mol. The summed E-state index contributed by atoms with van der Waals surface area (Å²) in [6, 6.07) is 4.07. The number of halogens is 1. The van der Waals surface area contributed by atoms with Crippen molar-refractivity contribution in [3.8, 4) is 11.4 Å². The van der Waals surface area contributed by atoms with Gasteiger partial charge in [0.1, 0.15) is 5.69 Å². The Kier molecular flexibility index (Phi) is 5.60. The van der Waals surface area contributed by atoms with Crippen LogP contribution in [0.4, 0.5) is 0 Å². The van der Waals surface area contributed by atoms with Crippen molar-refractivity contribution >= 4 is 22.6 Å². The van der Waals surface area contributed by atoms with Crippen LogP contribution in [0.1, 0.15) is 37.6 Å². The Bertz CT molecular complexity index is 668. The van der Waals surface area contributed by atoms with Gasteiger partial charge in [-0.25, -0.2) is 9.67 Å². The van der Waals surface area contributed by atoms with Crippen molar-refractivity contribution in [1.82, 2.24) is 20.0 Å². The molecule has 6 nitrogen and oxygen atoms in total. The van der Waals surface area contributed by atoms with Crippen molar-refractivity contribution < 1.29 is 9.47 Å². The second-order valence-corrected chi connectivity index (χ2v) is 6.76. The molecule has 124 valence electrons. The number of aromatic nitrogens is 4. The van der Waals surface area contributed by atoms with E-state index in [1.165, 1.54) is 3.57 Å². The highest BCUT2D eigenvalue weighted by Crippen LogP contribution is 2.23. The van der Waals surface area contributed by atoms with Crippen LogP contribution in [0.15, 0.2) is 12.1 Å². The lowest BCUT2D eigenvalue weighted by Gasteiger charge is -2.22. The fourth-order valence-electron chi connectivity index (χ4n) is 2.62. The first kappa shape index (κ1) is 16.8. The Labute approximate surface area is 149 Å². The molecule has 0 N–H and O–H groups in total. The molecule has 0 bridgehead atoms. The summed E-state index contributed by atoms with van der Waals surface area (Å²) in [6.45, 7) is 3.31. The van der Waals surface area contributed by atoms with Gasteiger partial charge in [0.05, 0.1) is 23.7 Å². The van der Waals surface area contributed by atoms with E-state index in [0.29, 0.717) is 6.61 Å². The van der Waals surface area contributed by atoms with Crippen LogP contribution in [0.3, 0.4) is 0 Å². The van der Waals surface area contributed by atoms with E-state index in [1.54, 1.807) is 4.68 Å². The average Bonchev–Trinajstić information content (AvgIpc) is 2.95. The third-order valence-electron chi connectivity index (χ3n) is 3.98. The molecule has 0 saturated carbocycles. The summed E-state index contributed by atoms with van der Waals surface area (Å²) in [5.41, 5.74) is 3.64. The Hall–Kier alpha value is -1.06. The molecule has 23 heavy (non-hydrogen) atoms. The van der Waals surface area contributed by atoms with E-state index in [1.807, 2.05) is 13.1 Å². The third-order valence-corrected chi connectivity index (χ3v) is 4.97. The molecule has 2 aromatic heterocycles. The van der Waals surface area contributed by atoms with E-state index in [9.17, 15) is 0 Å². The van der Waals surface area contributed by atoms with E-state index in [0.717, 1.165) is 55.1 Å². The van der Waals surface area contributed by atoms with Gasteiger partial charge in [-0.2, -0.15) is 0 Å². The Morgan fingerprint density at radius 1 is 1.39 bits per heavy atom. The van der Waals surface area contributed by atoms with Gasteiger partial charge in [0.2, 0.25) is 0 Å². The fraction of sp³-hybridized carbons (Fsp3) is 0.562. The lowest BCUT2D eigenvalue weighted by Crippen LogP contribution is -2.22. The summed E-state index contributed by atoms with van der Waals surface area (Å²) in [4.78, 5) is 4.72. The molecule has 0 amide bonds. The predicted molar refractivity (Wildman–Crippen MR) is 94.7 cm³/mol. The highest BCUT2D eigenvalue weighted by molar-refractivity contribution is 14.1. The van der Waals surface area contributed by atoms with Crippen LogP contribution in [0.2, 0.25) is 0 Å². The molecule has 0 aromatic carbocycles. The maximum absolute atomic E-state index is 5.90. The number of hydrogen-bond acceptors (Lipinski definition) is 5. The summed E-state index contributed by atoms with van der Waals surface area (Å²) in [5.74, 6) is 0. The standard InChI is InChI=1S/C16H21IN4O2/c1-3-12-11(17)7-8-13(18-12)16-14(21(2)20-19-16)10-23-15-6-4-5-9-22-15/h7-8,15H,3-6,9-10H2,1-2H3. The number of nitrogens with zero attached hydrogens (tertiary/aromatic N) is 4. The number of rotatable bonds is 5. The first-order chi connectivity index (χ1) is 11.2. The second kappa shape index (κ2) is 7.67. The lowest BCUT2D eigenvalue weighted by atomic mass is 10.2. The van der Waals surface area contributed by atoms with Crippen molar-refractivity contribution in [1.29, 1.82) is 0 Å². The number of pyridine rings is 1. The minimum atomic E-state index is -0.123. The van der Waals surface area contributed by atoms with Crippen LogP contribution in [0.5, 0.6) is 0 Å². The molecule has 1 atom stereocenters. The SMILES string of the molecule is CCc1nc(-c2nnn(C)c2COC2CCCCO2)ccc1I. The maximum Gasteiger partial charge on any atom is 0.158 e. The van der Waals surface area contributed by atoms with Gasteiger partial charge in [-0.3, -0.25) is 0 Å². The molecule has 1 saturated heterocycles. The quantitative estimate of drug-likeness (QED) is 0.686. The Balaban J connectivity index is 1.80. The number of ether oxygens (including phenoxy) is 2. The van der Waals surface area contributed by atoms with Gasteiger partial charge < -0.3 is 9.47 Å². The summed E-state index contributed by atoms with van der Waals surface area (Å²) < 4.78 is 14.4. The van der Waals surface area contributed by atoms with Gasteiger partial charge in [-0.1, -0.05) is 12.1 Å². The van der Waals surface area contributed by atoms with Crippen molar-refractivity contribution in [2.45, 2.75) is 45.5 Å². The topological polar surface area (TPSA) is 62.1 Å². The second-order valence-electron chi connectivity index (χ2n) is 5.59. The summed E-state index contributed by atoms with van der Waals surface area (Å²) >= 11 is 2.31. The van der Waals surface area contributed by atoms with E-state index < -0.39 is 0 Å². The van der Waals surface area contributed by atoms with E-state index in [4.69, 9.17) is 14.5 Å². The maximum atomic E-state index is 5.90. The van der Waals surface area contributed by atoms with Crippen LogP contribution in [0, 0.1) is 3.57 Å². The minimum Gasteiger partial charge on any atom is -0.353 e. The highest BCUT2D eigenvalue weighted by Gasteiger charge is 2.19. The van der Waals surface area contributed by atoms with Gasteiger partial charge in [-0.15, -0.1) is 5.10 Å². The Morgan fingerprint density at radius 2 is 2.26 bits per heavy atom. The zero-order valence-electron chi connectivity index (χ0n) is 13.5. The molecule has 7 heteroatoms. The summed E-state index contributed by atoms with van der Waals surface area (Å²) in [6.07, 6.45) is 3.99. The van der Waals surface area contributed by atoms with Crippen LogP contribution in [-0.2, 0) is 29.5 Å². The molecule has 3 heterocycles. The average molecular weight is 428 g/mol. The molecular formula is C16H21IN4O2. The van der Waals surface area contributed by atoms with Crippen LogP contribution >= 0.6 is 22.6 Å². The first-order valence-corrected chi connectivity index (χ1v) is 9.04. The molecule has 1 aliphatic rings. The fourth-order valence-corrected chi connectivity index (χ4v) is 3.30. The van der Waals surface area contributed by atoms with Gasteiger partial charge in [0.15, 0.2) is 6.29 Å². The van der Waals surface area contributed by atoms with Gasteiger partial charge in [-0.05, 0) is 60.4 Å². The predicted octanol–water partition coefficient (Wildman–Crippen LogP) is 3.09. The molecule has 0 aliphatic carbocycles. The molecule has 3 rings (SSSR count). The summed E-state index contributed by atoms with van der Waals surface area (Å²) in [7, 11) is 1.88. The van der Waals surface area contributed by atoms with Gasteiger partial charge >= 0.3 is 0 Å². The first-order valence-electron chi connectivity index (χ1n) is 7.96. The van der Waals surface area contributed by atoms with Crippen LogP contribution in [-0.4, -0.2) is 32.9 Å². The normalized spacial score (nSPS) is 18.3. The molecule has 2 aromatic rings.